The molecule has 0 atom stereocenters. The minimum Gasteiger partial charge on any atom is -0.478 e. The predicted molar refractivity (Wildman–Crippen MR) is 66.2 cm³/mol. The third-order valence-electron chi connectivity index (χ3n) is 2.16. The van der Waals surface area contributed by atoms with E-state index in [1.165, 1.54) is 30.6 Å². The van der Waals surface area contributed by atoms with Gasteiger partial charge in [0.05, 0.1) is 15.4 Å². The highest BCUT2D eigenvalue weighted by Crippen LogP contribution is 2.32. The van der Waals surface area contributed by atoms with Crippen molar-refractivity contribution in [2.24, 2.45) is 0 Å². The molecule has 2 heterocycles. The van der Waals surface area contributed by atoms with Gasteiger partial charge in [-0.15, -0.1) is 0 Å². The Morgan fingerprint density at radius 3 is 2.68 bits per heavy atom. The van der Waals surface area contributed by atoms with E-state index in [9.17, 15) is 14.9 Å². The molecule has 2 rings (SSSR count). The first-order valence-electron chi connectivity index (χ1n) is 5.03. The molecular formula is C11H7N3O4S. The van der Waals surface area contributed by atoms with E-state index in [-0.39, 0.29) is 11.3 Å². The molecule has 0 aliphatic heterocycles. The number of hydrogen-bond donors (Lipinski definition) is 1. The highest BCUT2D eigenvalue weighted by molar-refractivity contribution is 7.99. The number of pyridine rings is 2. The molecule has 7 nitrogen and oxygen atoms in total. The predicted octanol–water partition coefficient (Wildman–Crippen LogP) is 2.23. The highest BCUT2D eigenvalue weighted by atomic mass is 32.2. The van der Waals surface area contributed by atoms with Crippen LogP contribution in [0.2, 0.25) is 0 Å². The van der Waals surface area contributed by atoms with Crippen LogP contribution in [0.15, 0.2) is 46.7 Å². The van der Waals surface area contributed by atoms with Gasteiger partial charge in [0.15, 0.2) is 0 Å². The summed E-state index contributed by atoms with van der Waals surface area (Å²) in [6.45, 7) is 0. The van der Waals surface area contributed by atoms with Gasteiger partial charge in [0.2, 0.25) is 0 Å². The van der Waals surface area contributed by atoms with Gasteiger partial charge in [-0.3, -0.25) is 15.1 Å². The Balaban J connectivity index is 2.26. The van der Waals surface area contributed by atoms with E-state index in [2.05, 4.69) is 9.97 Å². The van der Waals surface area contributed by atoms with Crippen molar-refractivity contribution in [3.05, 3.63) is 52.5 Å². The number of carboxylic acid groups (broad SMARTS) is 1. The van der Waals surface area contributed by atoms with E-state index < -0.39 is 10.9 Å². The number of nitro groups is 1. The fourth-order valence-corrected chi connectivity index (χ4v) is 2.10. The van der Waals surface area contributed by atoms with Gasteiger partial charge in [-0.2, -0.15) is 0 Å². The van der Waals surface area contributed by atoms with Crippen LogP contribution in [0.5, 0.6) is 0 Å². The maximum atomic E-state index is 10.8. The van der Waals surface area contributed by atoms with Crippen LogP contribution in [0.4, 0.5) is 5.69 Å². The van der Waals surface area contributed by atoms with Gasteiger partial charge in [0.1, 0.15) is 11.2 Å². The number of carboxylic acids is 1. The molecule has 19 heavy (non-hydrogen) atoms. The first-order valence-corrected chi connectivity index (χ1v) is 5.85. The van der Waals surface area contributed by atoms with Crippen molar-refractivity contribution in [1.82, 2.24) is 9.97 Å². The number of rotatable bonds is 4. The Bertz CT molecular complexity index is 630. The largest absolute Gasteiger partial charge is 0.478 e. The molecule has 2 aromatic rings. The van der Waals surface area contributed by atoms with Crippen molar-refractivity contribution in [3.63, 3.8) is 0 Å². The van der Waals surface area contributed by atoms with E-state index in [0.717, 1.165) is 18.0 Å². The average Bonchev–Trinajstić information content (AvgIpc) is 2.39. The summed E-state index contributed by atoms with van der Waals surface area (Å²) in [7, 11) is 0. The molecule has 8 heteroatoms. The second kappa shape index (κ2) is 5.44. The molecule has 0 unspecified atom stereocenters. The normalized spacial score (nSPS) is 10.1. The van der Waals surface area contributed by atoms with Crippen LogP contribution >= 0.6 is 11.8 Å². The maximum Gasteiger partial charge on any atom is 0.337 e. The lowest BCUT2D eigenvalue weighted by Crippen LogP contribution is -1.97. The van der Waals surface area contributed by atoms with Crippen LogP contribution in [0.3, 0.4) is 0 Å². The molecule has 0 saturated heterocycles. The van der Waals surface area contributed by atoms with E-state index >= 15 is 0 Å². The Morgan fingerprint density at radius 1 is 1.32 bits per heavy atom. The van der Waals surface area contributed by atoms with Gasteiger partial charge in [0, 0.05) is 12.4 Å². The zero-order valence-corrected chi connectivity index (χ0v) is 10.2. The summed E-state index contributed by atoms with van der Waals surface area (Å²) in [6.07, 6.45) is 3.81. The van der Waals surface area contributed by atoms with Gasteiger partial charge in [0.25, 0.3) is 0 Å². The average molecular weight is 277 g/mol. The first kappa shape index (κ1) is 13.0. The highest BCUT2D eigenvalue weighted by Gasteiger charge is 2.15. The summed E-state index contributed by atoms with van der Waals surface area (Å²) < 4.78 is 0. The molecule has 0 spiro atoms. The molecule has 0 radical (unpaired) electrons. The molecule has 1 N–H and O–H groups in total. The van der Waals surface area contributed by atoms with Crippen LogP contribution in [0.25, 0.3) is 0 Å². The Kier molecular flexibility index (Phi) is 3.71. The monoisotopic (exact) mass is 277 g/mol. The Morgan fingerprint density at radius 2 is 2.11 bits per heavy atom. The van der Waals surface area contributed by atoms with Crippen molar-refractivity contribution in [3.8, 4) is 0 Å². The zero-order valence-electron chi connectivity index (χ0n) is 9.39. The van der Waals surface area contributed by atoms with E-state index in [0.29, 0.717) is 9.92 Å². The van der Waals surface area contributed by atoms with Crippen LogP contribution in [0, 0.1) is 10.1 Å². The fourth-order valence-electron chi connectivity index (χ4n) is 1.28. The molecule has 2 aromatic heterocycles. The minimum atomic E-state index is -1.07. The van der Waals surface area contributed by atoms with Gasteiger partial charge < -0.3 is 5.11 Å². The minimum absolute atomic E-state index is 0.0635. The molecule has 0 aromatic carbocycles. The number of aromatic nitrogens is 2. The second-order valence-corrected chi connectivity index (χ2v) is 4.46. The Labute approximate surface area is 111 Å². The van der Waals surface area contributed by atoms with Crippen LogP contribution in [-0.4, -0.2) is 26.0 Å². The summed E-state index contributed by atoms with van der Waals surface area (Å²) in [6, 6.07) is 4.40. The lowest BCUT2D eigenvalue weighted by molar-refractivity contribution is -0.388. The maximum absolute atomic E-state index is 10.8. The molecule has 0 aliphatic rings. The zero-order chi connectivity index (χ0) is 13.8. The number of carbonyl (C=O) groups is 1. The summed E-state index contributed by atoms with van der Waals surface area (Å²) in [5.74, 6) is -1.07. The first-order chi connectivity index (χ1) is 9.08. The molecular weight excluding hydrogens is 270 g/mol. The van der Waals surface area contributed by atoms with Crippen molar-refractivity contribution < 1.29 is 14.8 Å². The lowest BCUT2D eigenvalue weighted by atomic mass is 10.3. The molecule has 0 amide bonds. The number of hydrogen-bond acceptors (Lipinski definition) is 6. The van der Waals surface area contributed by atoms with E-state index in [4.69, 9.17) is 5.11 Å². The summed E-state index contributed by atoms with van der Waals surface area (Å²) in [5, 5.41) is 20.0. The Hall–Kier alpha value is -2.48. The van der Waals surface area contributed by atoms with Gasteiger partial charge >= 0.3 is 11.7 Å². The lowest BCUT2D eigenvalue weighted by Gasteiger charge is -2.01. The van der Waals surface area contributed by atoms with Crippen molar-refractivity contribution in [2.45, 2.75) is 9.92 Å². The van der Waals surface area contributed by atoms with E-state index in [1.54, 1.807) is 0 Å². The van der Waals surface area contributed by atoms with Crippen molar-refractivity contribution in [2.75, 3.05) is 0 Å². The quantitative estimate of drug-likeness (QED) is 0.674. The second-order valence-electron chi connectivity index (χ2n) is 3.39. The number of aromatic carboxylic acids is 1. The molecule has 0 fully saturated rings. The van der Waals surface area contributed by atoms with Gasteiger partial charge in [-0.25, -0.2) is 9.78 Å². The third kappa shape index (κ3) is 3.05. The molecule has 0 bridgehead atoms. The summed E-state index contributed by atoms with van der Waals surface area (Å²) in [4.78, 5) is 29.0. The fraction of sp³-hybridized carbons (Fsp3) is 0. The molecule has 0 saturated carbocycles. The smallest absolute Gasteiger partial charge is 0.337 e. The van der Waals surface area contributed by atoms with Crippen LogP contribution in [-0.2, 0) is 0 Å². The SMILES string of the molecule is O=C(O)c1ccc(Sc2ccncc2[N+](=O)[O-])nc1. The number of nitrogens with zero attached hydrogens (tertiary/aromatic N) is 3. The topological polar surface area (TPSA) is 106 Å². The van der Waals surface area contributed by atoms with Crippen molar-refractivity contribution >= 4 is 23.4 Å². The summed E-state index contributed by atoms with van der Waals surface area (Å²) in [5.41, 5.74) is -0.0508. The summed E-state index contributed by atoms with van der Waals surface area (Å²) >= 11 is 1.08. The molecule has 0 aliphatic carbocycles. The van der Waals surface area contributed by atoms with Gasteiger partial charge in [-0.05, 0) is 18.2 Å². The molecule has 96 valence electrons. The third-order valence-corrected chi connectivity index (χ3v) is 3.17. The van der Waals surface area contributed by atoms with Crippen LogP contribution < -0.4 is 0 Å². The van der Waals surface area contributed by atoms with Gasteiger partial charge in [-0.1, -0.05) is 11.8 Å². The standard InChI is InChI=1S/C11H7N3O4S/c15-11(16)7-1-2-10(13-5-7)19-9-3-4-12-6-8(9)14(17)18/h1-6H,(H,15,16). The van der Waals surface area contributed by atoms with Crippen LogP contribution in [0.1, 0.15) is 10.4 Å². The van der Waals surface area contributed by atoms with E-state index in [1.807, 2.05) is 0 Å². The van der Waals surface area contributed by atoms with Crippen molar-refractivity contribution in [1.29, 1.82) is 0 Å².